The number of hydrogen-bond acceptors (Lipinski definition) is 3. The first-order valence-corrected chi connectivity index (χ1v) is 7.41. The Kier molecular flexibility index (Phi) is 3.63. The molecule has 0 aliphatic heterocycles. The van der Waals surface area contributed by atoms with Crippen molar-refractivity contribution < 1.29 is 0 Å². The predicted octanol–water partition coefficient (Wildman–Crippen LogP) is 2.62. The van der Waals surface area contributed by atoms with E-state index in [0.717, 1.165) is 24.4 Å². The lowest BCUT2D eigenvalue weighted by atomic mass is 10.1. The van der Waals surface area contributed by atoms with Crippen molar-refractivity contribution in [3.05, 3.63) is 47.4 Å². The fraction of sp³-hybridized carbons (Fsp3) is 0.438. The molecule has 1 aromatic carbocycles. The van der Waals surface area contributed by atoms with Gasteiger partial charge in [0, 0.05) is 5.92 Å². The van der Waals surface area contributed by atoms with Gasteiger partial charge in [-0.1, -0.05) is 43.2 Å². The van der Waals surface area contributed by atoms with Crippen LogP contribution in [0.15, 0.2) is 30.3 Å². The Labute approximate surface area is 119 Å². The van der Waals surface area contributed by atoms with Crippen molar-refractivity contribution in [2.24, 2.45) is 0 Å². The molecular weight excluding hydrogens is 248 g/mol. The summed E-state index contributed by atoms with van der Waals surface area (Å²) >= 11 is 0. The molecule has 4 nitrogen and oxygen atoms in total. The zero-order valence-electron chi connectivity index (χ0n) is 11.8. The van der Waals surface area contributed by atoms with E-state index in [2.05, 4.69) is 24.3 Å². The first-order chi connectivity index (χ1) is 9.75. The van der Waals surface area contributed by atoms with Gasteiger partial charge >= 0.3 is 0 Å². The van der Waals surface area contributed by atoms with Crippen molar-refractivity contribution >= 4 is 5.82 Å². The van der Waals surface area contributed by atoms with Gasteiger partial charge in [0.2, 0.25) is 0 Å². The van der Waals surface area contributed by atoms with Crippen LogP contribution in [-0.2, 0) is 12.8 Å². The lowest BCUT2D eigenvalue weighted by molar-refractivity contribution is 0.646. The van der Waals surface area contributed by atoms with Crippen LogP contribution in [0.5, 0.6) is 0 Å². The third-order valence-corrected chi connectivity index (χ3v) is 4.27. The second-order valence-corrected chi connectivity index (χ2v) is 5.64. The Hall–Kier alpha value is -1.97. The molecule has 0 bridgehead atoms. The number of aryl methyl sites for hydroxylation is 2. The van der Waals surface area contributed by atoms with Crippen LogP contribution in [0.3, 0.4) is 0 Å². The molecule has 20 heavy (non-hydrogen) atoms. The van der Waals surface area contributed by atoms with Gasteiger partial charge in [0.25, 0.3) is 0 Å². The largest absolute Gasteiger partial charge is 0.382 e. The third kappa shape index (κ3) is 2.50. The maximum Gasteiger partial charge on any atom is 0.146 e. The van der Waals surface area contributed by atoms with E-state index in [9.17, 15) is 0 Å². The number of nitrogen functional groups attached to an aromatic ring is 2. The third-order valence-electron chi connectivity index (χ3n) is 4.27. The Morgan fingerprint density at radius 1 is 1.10 bits per heavy atom. The molecule has 1 aliphatic rings. The van der Waals surface area contributed by atoms with Gasteiger partial charge in [-0.05, 0) is 31.2 Å². The maximum absolute atomic E-state index is 6.11. The quantitative estimate of drug-likeness (QED) is 0.839. The molecule has 0 saturated heterocycles. The van der Waals surface area contributed by atoms with E-state index in [1.807, 2.05) is 6.07 Å². The summed E-state index contributed by atoms with van der Waals surface area (Å²) in [6.07, 6.45) is 6.72. The minimum atomic E-state index is 0.493. The van der Waals surface area contributed by atoms with Crippen LogP contribution >= 0.6 is 0 Å². The van der Waals surface area contributed by atoms with Gasteiger partial charge in [-0.2, -0.15) is 0 Å². The number of rotatable bonds is 4. The van der Waals surface area contributed by atoms with E-state index in [-0.39, 0.29) is 0 Å². The van der Waals surface area contributed by atoms with E-state index in [0.29, 0.717) is 11.7 Å². The van der Waals surface area contributed by atoms with Crippen LogP contribution in [0.4, 0.5) is 5.82 Å². The van der Waals surface area contributed by atoms with E-state index in [1.54, 1.807) is 4.68 Å². The van der Waals surface area contributed by atoms with Crippen LogP contribution in [0.2, 0.25) is 0 Å². The lowest BCUT2D eigenvalue weighted by Crippen LogP contribution is -2.17. The molecule has 2 aromatic rings. The van der Waals surface area contributed by atoms with Gasteiger partial charge in [-0.3, -0.25) is 0 Å². The number of nitrogens with zero attached hydrogens (tertiary/aromatic N) is 2. The summed E-state index contributed by atoms with van der Waals surface area (Å²) in [4.78, 5) is 4.72. The fourth-order valence-electron chi connectivity index (χ4n) is 3.08. The van der Waals surface area contributed by atoms with Crippen molar-refractivity contribution in [2.75, 3.05) is 11.6 Å². The lowest BCUT2D eigenvalue weighted by Gasteiger charge is -2.08. The molecular formula is C16H22N4. The van der Waals surface area contributed by atoms with E-state index >= 15 is 0 Å². The molecule has 1 heterocycles. The molecule has 4 heteroatoms. The average Bonchev–Trinajstić information content (AvgIpc) is 3.09. The molecule has 0 unspecified atom stereocenters. The van der Waals surface area contributed by atoms with Gasteiger partial charge in [0.1, 0.15) is 11.6 Å². The van der Waals surface area contributed by atoms with Gasteiger partial charge in [-0.15, -0.1) is 0 Å². The molecule has 0 radical (unpaired) electrons. The smallest absolute Gasteiger partial charge is 0.146 e. The van der Waals surface area contributed by atoms with Gasteiger partial charge in [0.05, 0.1) is 5.69 Å². The molecule has 1 saturated carbocycles. The summed E-state index contributed by atoms with van der Waals surface area (Å²) in [6.45, 7) is 0. The van der Waals surface area contributed by atoms with E-state index in [4.69, 9.17) is 16.6 Å². The number of aromatic nitrogens is 2. The molecule has 1 aromatic heterocycles. The highest BCUT2D eigenvalue weighted by Crippen LogP contribution is 2.34. The van der Waals surface area contributed by atoms with Crippen LogP contribution in [0.25, 0.3) is 0 Å². The second-order valence-electron chi connectivity index (χ2n) is 5.64. The summed E-state index contributed by atoms with van der Waals surface area (Å²) in [6, 6.07) is 10.4. The number of anilines is 1. The normalized spacial score (nSPS) is 15.8. The molecule has 106 valence electrons. The molecule has 4 N–H and O–H groups in total. The molecule has 1 aliphatic carbocycles. The van der Waals surface area contributed by atoms with Crippen LogP contribution in [0, 0.1) is 0 Å². The molecule has 0 spiro atoms. The highest BCUT2D eigenvalue weighted by atomic mass is 15.4. The summed E-state index contributed by atoms with van der Waals surface area (Å²) < 4.78 is 1.61. The molecule has 1 fully saturated rings. The number of benzene rings is 1. The summed E-state index contributed by atoms with van der Waals surface area (Å²) in [5.74, 6) is 8.18. The van der Waals surface area contributed by atoms with Crippen molar-refractivity contribution in [3.63, 3.8) is 0 Å². The molecule has 0 atom stereocenters. The highest BCUT2D eigenvalue weighted by Gasteiger charge is 2.24. The van der Waals surface area contributed by atoms with Crippen LogP contribution < -0.4 is 11.6 Å². The first-order valence-electron chi connectivity index (χ1n) is 7.41. The summed E-state index contributed by atoms with van der Waals surface area (Å²) in [5, 5.41) is 0. The highest BCUT2D eigenvalue weighted by molar-refractivity contribution is 5.40. The molecule has 0 amide bonds. The fourth-order valence-corrected chi connectivity index (χ4v) is 3.08. The number of hydrogen-bond donors (Lipinski definition) is 2. The maximum atomic E-state index is 6.11. The minimum absolute atomic E-state index is 0.493. The van der Waals surface area contributed by atoms with Crippen molar-refractivity contribution in [1.29, 1.82) is 0 Å². The summed E-state index contributed by atoms with van der Waals surface area (Å²) in [5.41, 5.74) is 8.36. The molecule has 3 rings (SSSR count). The van der Waals surface area contributed by atoms with Crippen LogP contribution in [0.1, 0.15) is 48.7 Å². The van der Waals surface area contributed by atoms with E-state index < -0.39 is 0 Å². The summed E-state index contributed by atoms with van der Waals surface area (Å²) in [7, 11) is 0. The Morgan fingerprint density at radius 2 is 1.80 bits per heavy atom. The van der Waals surface area contributed by atoms with Crippen molar-refractivity contribution in [2.45, 2.75) is 44.4 Å². The second kappa shape index (κ2) is 5.57. The van der Waals surface area contributed by atoms with Crippen LogP contribution in [-0.4, -0.2) is 9.66 Å². The van der Waals surface area contributed by atoms with E-state index in [1.165, 1.54) is 31.2 Å². The van der Waals surface area contributed by atoms with Gasteiger partial charge in [-0.25, -0.2) is 9.66 Å². The van der Waals surface area contributed by atoms with Crippen molar-refractivity contribution in [1.82, 2.24) is 9.66 Å². The monoisotopic (exact) mass is 270 g/mol. The standard InChI is InChI=1S/C16H22N4/c17-15-14(11-10-12-6-2-1-3-7-12)19-16(20(15)18)13-8-4-5-9-13/h1-3,6-7,13H,4-5,8-11,17-18H2. The Morgan fingerprint density at radius 3 is 2.50 bits per heavy atom. The predicted molar refractivity (Wildman–Crippen MR) is 81.8 cm³/mol. The van der Waals surface area contributed by atoms with Gasteiger partial charge < -0.3 is 11.6 Å². The zero-order valence-corrected chi connectivity index (χ0v) is 11.8. The Bertz CT molecular complexity index is 568. The zero-order chi connectivity index (χ0) is 13.9. The first kappa shape index (κ1) is 13.0. The Balaban J connectivity index is 1.75. The number of nitrogens with two attached hydrogens (primary N) is 2. The number of imidazole rings is 1. The average molecular weight is 270 g/mol. The minimum Gasteiger partial charge on any atom is -0.382 e. The SMILES string of the molecule is Nc1c(CCc2ccccc2)nc(C2CCCC2)n1N. The van der Waals surface area contributed by atoms with Gasteiger partial charge in [0.15, 0.2) is 0 Å². The topological polar surface area (TPSA) is 69.9 Å². The van der Waals surface area contributed by atoms with Crippen molar-refractivity contribution in [3.8, 4) is 0 Å².